The highest BCUT2D eigenvalue weighted by atomic mass is 35.5. The van der Waals surface area contributed by atoms with Crippen molar-refractivity contribution in [1.82, 2.24) is 4.98 Å². The fraction of sp³-hybridized carbons (Fsp3) is 0. The molecule has 6 heteroatoms. The summed E-state index contributed by atoms with van der Waals surface area (Å²) < 4.78 is 18.6. The third-order valence-electron chi connectivity index (χ3n) is 1.71. The standard InChI is InChI=1S/C10H4ClFN2OS/c11-9-5-16-10(14-9)15-8-2-1-6(4-13)3-7(8)12/h1-3,5H. The third-order valence-corrected chi connectivity index (χ3v) is 2.75. The van der Waals surface area contributed by atoms with E-state index in [1.54, 1.807) is 5.38 Å². The van der Waals surface area contributed by atoms with Gasteiger partial charge in [-0.15, -0.1) is 0 Å². The average molecular weight is 255 g/mol. The van der Waals surface area contributed by atoms with Crippen molar-refractivity contribution in [3.8, 4) is 17.0 Å². The van der Waals surface area contributed by atoms with Crippen molar-refractivity contribution in [2.75, 3.05) is 0 Å². The minimum Gasteiger partial charge on any atom is -0.428 e. The van der Waals surface area contributed by atoms with Gasteiger partial charge < -0.3 is 4.74 Å². The molecule has 2 aromatic rings. The van der Waals surface area contributed by atoms with Crippen molar-refractivity contribution in [3.63, 3.8) is 0 Å². The third kappa shape index (κ3) is 2.30. The second kappa shape index (κ2) is 4.47. The highest BCUT2D eigenvalue weighted by Gasteiger charge is 2.08. The fourth-order valence-corrected chi connectivity index (χ4v) is 1.83. The predicted octanol–water partition coefficient (Wildman–Crippen LogP) is 3.60. The molecule has 0 atom stereocenters. The van der Waals surface area contributed by atoms with Gasteiger partial charge in [0.1, 0.15) is 5.15 Å². The maximum absolute atomic E-state index is 13.4. The minimum absolute atomic E-state index is 0.0185. The Labute approximate surface area is 99.7 Å². The summed E-state index contributed by atoms with van der Waals surface area (Å²) in [5.74, 6) is -0.588. The second-order valence-corrected chi connectivity index (χ2v) is 4.00. The first kappa shape index (κ1) is 10.9. The Hall–Kier alpha value is -1.64. The lowest BCUT2D eigenvalue weighted by Gasteiger charge is -2.02. The van der Waals surface area contributed by atoms with Crippen LogP contribution < -0.4 is 4.74 Å². The Kier molecular flexibility index (Phi) is 3.04. The summed E-state index contributed by atoms with van der Waals surface area (Å²) >= 11 is 6.76. The monoisotopic (exact) mass is 254 g/mol. The molecule has 0 aliphatic heterocycles. The molecule has 0 spiro atoms. The van der Waals surface area contributed by atoms with Crippen LogP contribution in [-0.4, -0.2) is 4.98 Å². The number of aromatic nitrogens is 1. The molecule has 2 rings (SSSR count). The van der Waals surface area contributed by atoms with E-state index in [9.17, 15) is 4.39 Å². The van der Waals surface area contributed by atoms with Crippen LogP contribution in [0.3, 0.4) is 0 Å². The van der Waals surface area contributed by atoms with Crippen LogP contribution in [0.15, 0.2) is 23.6 Å². The Balaban J connectivity index is 2.26. The quantitative estimate of drug-likeness (QED) is 0.823. The van der Waals surface area contributed by atoms with E-state index in [1.807, 2.05) is 6.07 Å². The van der Waals surface area contributed by atoms with E-state index < -0.39 is 5.82 Å². The van der Waals surface area contributed by atoms with Crippen molar-refractivity contribution >= 4 is 22.9 Å². The largest absolute Gasteiger partial charge is 0.428 e. The number of rotatable bonds is 2. The molecule has 0 radical (unpaired) electrons. The van der Waals surface area contributed by atoms with E-state index in [2.05, 4.69) is 4.98 Å². The number of nitrogens with zero attached hydrogens (tertiary/aromatic N) is 2. The lowest BCUT2D eigenvalue weighted by molar-refractivity contribution is 0.439. The molecule has 80 valence electrons. The fourth-order valence-electron chi connectivity index (χ4n) is 1.03. The Bertz CT molecular complexity index is 564. The van der Waals surface area contributed by atoms with E-state index >= 15 is 0 Å². The first-order chi connectivity index (χ1) is 7.69. The zero-order chi connectivity index (χ0) is 11.5. The van der Waals surface area contributed by atoms with Gasteiger partial charge in [0.25, 0.3) is 5.19 Å². The van der Waals surface area contributed by atoms with Crippen LogP contribution in [-0.2, 0) is 0 Å². The van der Waals surface area contributed by atoms with Gasteiger partial charge in [0.2, 0.25) is 0 Å². The molecule has 0 saturated carbocycles. The molecular formula is C10H4ClFN2OS. The molecule has 16 heavy (non-hydrogen) atoms. The van der Waals surface area contributed by atoms with E-state index in [0.29, 0.717) is 5.15 Å². The predicted molar refractivity (Wildman–Crippen MR) is 58.3 cm³/mol. The number of hydrogen-bond donors (Lipinski definition) is 0. The molecule has 0 amide bonds. The molecule has 1 heterocycles. The summed E-state index contributed by atoms with van der Waals surface area (Å²) in [6, 6.07) is 5.78. The van der Waals surface area contributed by atoms with Crippen LogP contribution in [0.4, 0.5) is 4.39 Å². The van der Waals surface area contributed by atoms with E-state index in [4.69, 9.17) is 21.6 Å². The van der Waals surface area contributed by atoms with Gasteiger partial charge in [-0.05, 0) is 18.2 Å². The number of benzene rings is 1. The van der Waals surface area contributed by atoms with Crippen LogP contribution in [0.1, 0.15) is 5.56 Å². The molecule has 3 nitrogen and oxygen atoms in total. The number of halogens is 2. The summed E-state index contributed by atoms with van der Waals surface area (Å²) in [5.41, 5.74) is 0.238. The number of nitriles is 1. The number of ether oxygens (including phenoxy) is 1. The minimum atomic E-state index is -0.606. The lowest BCUT2D eigenvalue weighted by atomic mass is 10.2. The summed E-state index contributed by atoms with van der Waals surface area (Å²) in [5, 5.41) is 10.7. The Morgan fingerprint density at radius 3 is 2.88 bits per heavy atom. The zero-order valence-electron chi connectivity index (χ0n) is 7.78. The lowest BCUT2D eigenvalue weighted by Crippen LogP contribution is -1.88. The maximum Gasteiger partial charge on any atom is 0.280 e. The molecule has 0 aliphatic rings. The Morgan fingerprint density at radius 2 is 2.31 bits per heavy atom. The molecular weight excluding hydrogens is 251 g/mol. The molecule has 0 fully saturated rings. The maximum atomic E-state index is 13.4. The topological polar surface area (TPSA) is 45.9 Å². The molecule has 0 bridgehead atoms. The van der Waals surface area contributed by atoms with Gasteiger partial charge in [-0.2, -0.15) is 10.2 Å². The summed E-state index contributed by atoms with van der Waals surface area (Å²) in [4.78, 5) is 3.82. The number of hydrogen-bond acceptors (Lipinski definition) is 4. The van der Waals surface area contributed by atoms with Crippen LogP contribution >= 0.6 is 22.9 Å². The molecule has 0 N–H and O–H groups in total. The summed E-state index contributed by atoms with van der Waals surface area (Å²) in [6.45, 7) is 0. The van der Waals surface area contributed by atoms with Gasteiger partial charge in [-0.1, -0.05) is 22.9 Å². The Morgan fingerprint density at radius 1 is 1.50 bits per heavy atom. The van der Waals surface area contributed by atoms with E-state index in [0.717, 1.165) is 6.07 Å². The van der Waals surface area contributed by atoms with Gasteiger partial charge in [0.05, 0.1) is 11.6 Å². The first-order valence-electron chi connectivity index (χ1n) is 4.17. The normalized spacial score (nSPS) is 9.81. The average Bonchev–Trinajstić information content (AvgIpc) is 2.67. The van der Waals surface area contributed by atoms with Crippen LogP contribution in [0.25, 0.3) is 0 Å². The smallest absolute Gasteiger partial charge is 0.280 e. The zero-order valence-corrected chi connectivity index (χ0v) is 9.35. The van der Waals surface area contributed by atoms with Gasteiger partial charge in [0, 0.05) is 5.38 Å². The van der Waals surface area contributed by atoms with E-state index in [1.165, 1.54) is 23.5 Å². The van der Waals surface area contributed by atoms with Crippen LogP contribution in [0, 0.1) is 17.1 Å². The number of thiazole rings is 1. The van der Waals surface area contributed by atoms with Crippen LogP contribution in [0.5, 0.6) is 10.9 Å². The van der Waals surface area contributed by atoms with Crippen molar-refractivity contribution in [2.45, 2.75) is 0 Å². The summed E-state index contributed by atoms with van der Waals surface area (Å²) in [7, 11) is 0. The van der Waals surface area contributed by atoms with Gasteiger partial charge >= 0.3 is 0 Å². The first-order valence-corrected chi connectivity index (χ1v) is 5.43. The molecule has 0 unspecified atom stereocenters. The molecule has 1 aromatic carbocycles. The SMILES string of the molecule is N#Cc1ccc(Oc2nc(Cl)cs2)c(F)c1. The second-order valence-electron chi connectivity index (χ2n) is 2.80. The van der Waals surface area contributed by atoms with Crippen molar-refractivity contribution in [3.05, 3.63) is 40.1 Å². The molecule has 1 aromatic heterocycles. The van der Waals surface area contributed by atoms with Crippen molar-refractivity contribution < 1.29 is 9.13 Å². The van der Waals surface area contributed by atoms with Gasteiger partial charge in [0.15, 0.2) is 11.6 Å². The highest BCUT2D eigenvalue weighted by molar-refractivity contribution is 7.11. The van der Waals surface area contributed by atoms with E-state index in [-0.39, 0.29) is 16.5 Å². The highest BCUT2D eigenvalue weighted by Crippen LogP contribution is 2.28. The van der Waals surface area contributed by atoms with Gasteiger partial charge in [-0.25, -0.2) is 4.39 Å². The van der Waals surface area contributed by atoms with Crippen molar-refractivity contribution in [1.29, 1.82) is 5.26 Å². The summed E-state index contributed by atoms with van der Waals surface area (Å²) in [6.07, 6.45) is 0. The van der Waals surface area contributed by atoms with Crippen LogP contribution in [0.2, 0.25) is 5.15 Å². The molecule has 0 saturated heterocycles. The molecule has 0 aliphatic carbocycles. The van der Waals surface area contributed by atoms with Gasteiger partial charge in [-0.3, -0.25) is 0 Å². The van der Waals surface area contributed by atoms with Crippen molar-refractivity contribution in [2.24, 2.45) is 0 Å².